The summed E-state index contributed by atoms with van der Waals surface area (Å²) in [5.74, 6) is 0. The molecule has 1 unspecified atom stereocenters. The van der Waals surface area contributed by atoms with Crippen molar-refractivity contribution < 1.29 is 13.3 Å². The van der Waals surface area contributed by atoms with Gasteiger partial charge in [-0.15, -0.1) is 12.4 Å². The highest BCUT2D eigenvalue weighted by molar-refractivity contribution is 7.89. The Balaban J connectivity index is 0.00000220. The lowest BCUT2D eigenvalue weighted by Gasteiger charge is -2.23. The summed E-state index contributed by atoms with van der Waals surface area (Å²) in [5, 5.41) is 13.8. The second-order valence-electron chi connectivity index (χ2n) is 4.87. The highest BCUT2D eigenvalue weighted by atomic mass is 35.5. The third-order valence-electron chi connectivity index (χ3n) is 3.28. The van der Waals surface area contributed by atoms with Gasteiger partial charge in [-0.25, -0.2) is 13.1 Å². The number of nitro groups is 1. The molecule has 0 amide bonds. The predicted molar refractivity (Wildman–Crippen MR) is 81.3 cm³/mol. The number of rotatable bonds is 4. The first kappa shape index (κ1) is 17.8. The number of sulfonamides is 1. The van der Waals surface area contributed by atoms with Crippen molar-refractivity contribution in [1.82, 2.24) is 10.0 Å². The molecule has 21 heavy (non-hydrogen) atoms. The number of nitrogens with zero attached hydrogens (tertiary/aromatic N) is 1. The fourth-order valence-corrected chi connectivity index (χ4v) is 3.78. The number of nitro benzene ring substituents is 1. The molecule has 0 aromatic heterocycles. The SMILES string of the molecule is Cc1cc([N+](=O)[O-])ccc1S(=O)(=O)NC1CCCNC1.Cl. The maximum absolute atomic E-state index is 12.3. The lowest BCUT2D eigenvalue weighted by Crippen LogP contribution is -2.45. The molecule has 1 aromatic carbocycles. The van der Waals surface area contributed by atoms with E-state index in [2.05, 4.69) is 10.0 Å². The van der Waals surface area contributed by atoms with Crippen LogP contribution in [0.1, 0.15) is 18.4 Å². The summed E-state index contributed by atoms with van der Waals surface area (Å²) >= 11 is 0. The van der Waals surface area contributed by atoms with E-state index in [4.69, 9.17) is 0 Å². The molecule has 0 spiro atoms. The second-order valence-corrected chi connectivity index (χ2v) is 6.55. The van der Waals surface area contributed by atoms with Crippen molar-refractivity contribution in [3.63, 3.8) is 0 Å². The number of piperidine rings is 1. The third-order valence-corrected chi connectivity index (χ3v) is 4.96. The van der Waals surface area contributed by atoms with Gasteiger partial charge in [-0.2, -0.15) is 0 Å². The first-order chi connectivity index (χ1) is 9.40. The first-order valence-electron chi connectivity index (χ1n) is 6.38. The minimum Gasteiger partial charge on any atom is -0.315 e. The van der Waals surface area contributed by atoms with Gasteiger partial charge in [0.1, 0.15) is 0 Å². The topological polar surface area (TPSA) is 101 Å². The van der Waals surface area contributed by atoms with Crippen LogP contribution in [0.15, 0.2) is 23.1 Å². The molecule has 0 saturated carbocycles. The molecule has 0 aliphatic carbocycles. The molecule has 1 saturated heterocycles. The number of halogens is 1. The van der Waals surface area contributed by atoms with E-state index in [-0.39, 0.29) is 29.0 Å². The monoisotopic (exact) mass is 335 g/mol. The summed E-state index contributed by atoms with van der Waals surface area (Å²) in [6.07, 6.45) is 1.71. The van der Waals surface area contributed by atoms with Gasteiger partial charge in [-0.05, 0) is 37.9 Å². The van der Waals surface area contributed by atoms with Gasteiger partial charge in [0.05, 0.1) is 9.82 Å². The summed E-state index contributed by atoms with van der Waals surface area (Å²) in [5.41, 5.74) is 0.260. The Kier molecular flexibility index (Phi) is 6.09. The van der Waals surface area contributed by atoms with Gasteiger partial charge in [0, 0.05) is 24.7 Å². The molecule has 1 heterocycles. The Morgan fingerprint density at radius 1 is 1.43 bits per heavy atom. The van der Waals surface area contributed by atoms with Crippen molar-refractivity contribution in [2.45, 2.75) is 30.7 Å². The van der Waals surface area contributed by atoms with Crippen molar-refractivity contribution in [3.8, 4) is 0 Å². The maximum atomic E-state index is 12.3. The van der Waals surface area contributed by atoms with E-state index in [0.717, 1.165) is 19.4 Å². The third kappa shape index (κ3) is 4.37. The van der Waals surface area contributed by atoms with E-state index in [1.165, 1.54) is 18.2 Å². The van der Waals surface area contributed by atoms with Crippen LogP contribution in [0.2, 0.25) is 0 Å². The molecule has 9 heteroatoms. The van der Waals surface area contributed by atoms with Crippen LogP contribution < -0.4 is 10.0 Å². The molecule has 1 fully saturated rings. The number of nitrogens with one attached hydrogen (secondary N) is 2. The van der Waals surface area contributed by atoms with Crippen LogP contribution >= 0.6 is 12.4 Å². The van der Waals surface area contributed by atoms with Gasteiger partial charge in [-0.1, -0.05) is 0 Å². The summed E-state index contributed by atoms with van der Waals surface area (Å²) in [7, 11) is -3.65. The normalized spacial score (nSPS) is 18.8. The molecule has 1 atom stereocenters. The average Bonchev–Trinajstić information content (AvgIpc) is 2.38. The predicted octanol–water partition coefficient (Wildman–Crippen LogP) is 1.36. The molecular weight excluding hydrogens is 318 g/mol. The summed E-state index contributed by atoms with van der Waals surface area (Å²) in [6.45, 7) is 3.06. The van der Waals surface area contributed by atoms with Crippen LogP contribution in [-0.2, 0) is 10.0 Å². The standard InChI is InChI=1S/C12H17N3O4S.ClH/c1-9-7-11(15(16)17)4-5-12(9)20(18,19)14-10-3-2-6-13-8-10;/h4-5,7,10,13-14H,2-3,6,8H2,1H3;1H. The Morgan fingerprint density at radius 3 is 2.67 bits per heavy atom. The minimum atomic E-state index is -3.65. The molecule has 1 aliphatic rings. The van der Waals surface area contributed by atoms with Crippen LogP contribution in [0.25, 0.3) is 0 Å². The largest absolute Gasteiger partial charge is 0.315 e. The summed E-state index contributed by atoms with van der Waals surface area (Å²) in [6, 6.07) is 3.63. The lowest BCUT2D eigenvalue weighted by molar-refractivity contribution is -0.385. The van der Waals surface area contributed by atoms with Crippen LogP contribution in [0, 0.1) is 17.0 Å². The molecule has 1 aliphatic heterocycles. The smallest absolute Gasteiger partial charge is 0.269 e. The van der Waals surface area contributed by atoms with Crippen LogP contribution in [0.3, 0.4) is 0 Å². The highest BCUT2D eigenvalue weighted by Crippen LogP contribution is 2.21. The number of hydrogen-bond acceptors (Lipinski definition) is 5. The minimum absolute atomic E-state index is 0. The van der Waals surface area contributed by atoms with E-state index < -0.39 is 14.9 Å². The molecule has 1 aromatic rings. The van der Waals surface area contributed by atoms with Crippen molar-refractivity contribution in [3.05, 3.63) is 33.9 Å². The Hall–Kier alpha value is -1.22. The molecular formula is C12H18ClN3O4S. The summed E-state index contributed by atoms with van der Waals surface area (Å²) < 4.78 is 27.2. The van der Waals surface area contributed by atoms with Crippen molar-refractivity contribution in [1.29, 1.82) is 0 Å². The molecule has 7 nitrogen and oxygen atoms in total. The van der Waals surface area contributed by atoms with Gasteiger partial charge in [-0.3, -0.25) is 10.1 Å². The van der Waals surface area contributed by atoms with E-state index in [9.17, 15) is 18.5 Å². The number of hydrogen-bond donors (Lipinski definition) is 2. The van der Waals surface area contributed by atoms with Gasteiger partial charge >= 0.3 is 0 Å². The average molecular weight is 336 g/mol. The zero-order chi connectivity index (χ0) is 14.8. The molecule has 0 radical (unpaired) electrons. The molecule has 0 bridgehead atoms. The Morgan fingerprint density at radius 2 is 2.14 bits per heavy atom. The highest BCUT2D eigenvalue weighted by Gasteiger charge is 2.24. The van der Waals surface area contributed by atoms with E-state index in [1.54, 1.807) is 6.92 Å². The van der Waals surface area contributed by atoms with E-state index in [1.807, 2.05) is 0 Å². The fourth-order valence-electron chi connectivity index (χ4n) is 2.28. The zero-order valence-corrected chi connectivity index (χ0v) is 13.2. The van der Waals surface area contributed by atoms with E-state index in [0.29, 0.717) is 12.1 Å². The van der Waals surface area contributed by atoms with Gasteiger partial charge < -0.3 is 5.32 Å². The van der Waals surface area contributed by atoms with Gasteiger partial charge in [0.15, 0.2) is 0 Å². The van der Waals surface area contributed by atoms with Crippen LogP contribution in [0.5, 0.6) is 0 Å². The van der Waals surface area contributed by atoms with Crippen molar-refractivity contribution in [2.24, 2.45) is 0 Å². The number of aryl methyl sites for hydroxylation is 1. The Bertz CT molecular complexity index is 615. The molecule has 2 N–H and O–H groups in total. The maximum Gasteiger partial charge on any atom is 0.269 e. The van der Waals surface area contributed by atoms with Gasteiger partial charge in [0.2, 0.25) is 10.0 Å². The van der Waals surface area contributed by atoms with Gasteiger partial charge in [0.25, 0.3) is 5.69 Å². The number of benzene rings is 1. The van der Waals surface area contributed by atoms with Crippen molar-refractivity contribution in [2.75, 3.05) is 13.1 Å². The number of non-ortho nitro benzene ring substituents is 1. The molecule has 118 valence electrons. The lowest BCUT2D eigenvalue weighted by atomic mass is 10.1. The molecule has 2 rings (SSSR count). The summed E-state index contributed by atoms with van der Waals surface area (Å²) in [4.78, 5) is 10.2. The Labute approximate surface area is 129 Å². The second kappa shape index (κ2) is 7.17. The zero-order valence-electron chi connectivity index (χ0n) is 11.5. The quantitative estimate of drug-likeness (QED) is 0.639. The fraction of sp³-hybridized carbons (Fsp3) is 0.500. The van der Waals surface area contributed by atoms with Crippen LogP contribution in [-0.4, -0.2) is 32.5 Å². The van der Waals surface area contributed by atoms with Crippen molar-refractivity contribution >= 4 is 28.1 Å². The van der Waals surface area contributed by atoms with E-state index >= 15 is 0 Å². The first-order valence-corrected chi connectivity index (χ1v) is 7.86. The van der Waals surface area contributed by atoms with Crippen LogP contribution in [0.4, 0.5) is 5.69 Å².